The molecular formula is C22H22N2O2S2. The molecule has 3 aromatic rings. The highest BCUT2D eigenvalue weighted by atomic mass is 32.1. The van der Waals surface area contributed by atoms with Crippen molar-refractivity contribution < 1.29 is 9.53 Å². The molecule has 1 amide bonds. The van der Waals surface area contributed by atoms with Gasteiger partial charge < -0.3 is 14.5 Å². The highest BCUT2D eigenvalue weighted by Crippen LogP contribution is 2.40. The molecule has 2 aliphatic rings. The van der Waals surface area contributed by atoms with E-state index >= 15 is 0 Å². The van der Waals surface area contributed by atoms with E-state index in [1.165, 1.54) is 15.4 Å². The van der Waals surface area contributed by atoms with Crippen LogP contribution in [0.1, 0.15) is 20.1 Å². The van der Waals surface area contributed by atoms with Crippen molar-refractivity contribution >= 4 is 33.6 Å². The number of benzene rings is 1. The summed E-state index contributed by atoms with van der Waals surface area (Å²) in [4.78, 5) is 19.9. The van der Waals surface area contributed by atoms with Crippen molar-refractivity contribution in [2.45, 2.75) is 13.0 Å². The number of carbonyl (C=O) groups excluding carboxylic acids is 1. The minimum atomic E-state index is 0.151. The van der Waals surface area contributed by atoms with Gasteiger partial charge in [0.2, 0.25) is 0 Å². The first-order chi connectivity index (χ1) is 13.8. The van der Waals surface area contributed by atoms with E-state index < -0.39 is 0 Å². The van der Waals surface area contributed by atoms with Crippen molar-refractivity contribution in [3.8, 4) is 11.1 Å². The number of thiophene rings is 2. The zero-order valence-electron chi connectivity index (χ0n) is 15.6. The number of morpholine rings is 1. The van der Waals surface area contributed by atoms with Gasteiger partial charge in [0.05, 0.1) is 23.1 Å². The van der Waals surface area contributed by atoms with Crippen LogP contribution in [0.2, 0.25) is 0 Å². The van der Waals surface area contributed by atoms with Crippen molar-refractivity contribution in [2.75, 3.05) is 37.7 Å². The second kappa shape index (κ2) is 7.70. The Hall–Kier alpha value is -2.15. The average molecular weight is 411 g/mol. The highest BCUT2D eigenvalue weighted by Gasteiger charge is 2.27. The second-order valence-electron chi connectivity index (χ2n) is 7.14. The lowest BCUT2D eigenvalue weighted by Gasteiger charge is -2.28. The maximum Gasteiger partial charge on any atom is 0.264 e. The number of nitrogens with zero attached hydrogens (tertiary/aromatic N) is 2. The molecule has 5 rings (SSSR count). The number of hydrogen-bond acceptors (Lipinski definition) is 5. The minimum Gasteiger partial charge on any atom is -0.378 e. The van der Waals surface area contributed by atoms with Gasteiger partial charge in [0, 0.05) is 36.6 Å². The third-order valence-corrected chi connectivity index (χ3v) is 7.61. The standard InChI is InChI=1S/C22H22N2O2S2/c25-21(24-8-6-19-17(15-24)7-13-27-19)20-14-18(16-4-2-1-3-5-16)22(28-20)23-9-11-26-12-10-23/h1-5,7,13-14H,6,8-12,15H2. The lowest BCUT2D eigenvalue weighted by Crippen LogP contribution is -2.36. The first-order valence-corrected chi connectivity index (χ1v) is 11.4. The van der Waals surface area contributed by atoms with Gasteiger partial charge in [-0.2, -0.15) is 0 Å². The molecule has 144 valence electrons. The molecule has 0 bridgehead atoms. The summed E-state index contributed by atoms with van der Waals surface area (Å²) in [6.45, 7) is 4.75. The minimum absolute atomic E-state index is 0.151. The fraction of sp³-hybridized carbons (Fsp3) is 0.318. The van der Waals surface area contributed by atoms with Gasteiger partial charge in [-0.3, -0.25) is 4.79 Å². The predicted molar refractivity (Wildman–Crippen MR) is 116 cm³/mol. The van der Waals surface area contributed by atoms with E-state index in [4.69, 9.17) is 4.74 Å². The number of anilines is 1. The maximum atomic E-state index is 13.3. The van der Waals surface area contributed by atoms with Crippen LogP contribution in [0.15, 0.2) is 47.8 Å². The zero-order chi connectivity index (χ0) is 18.9. The summed E-state index contributed by atoms with van der Waals surface area (Å²) in [6, 6.07) is 14.6. The van der Waals surface area contributed by atoms with Crippen molar-refractivity contribution in [1.29, 1.82) is 0 Å². The Balaban J connectivity index is 1.48. The first kappa shape index (κ1) is 17.9. The van der Waals surface area contributed by atoms with Crippen LogP contribution in [0.25, 0.3) is 11.1 Å². The average Bonchev–Trinajstić information content (AvgIpc) is 3.41. The van der Waals surface area contributed by atoms with Crippen LogP contribution in [0.4, 0.5) is 5.00 Å². The van der Waals surface area contributed by atoms with Crippen molar-refractivity contribution in [3.05, 3.63) is 63.2 Å². The number of ether oxygens (including phenoxy) is 1. The molecule has 4 nitrogen and oxygen atoms in total. The molecule has 0 unspecified atom stereocenters. The SMILES string of the molecule is O=C(c1cc(-c2ccccc2)c(N2CCOCC2)s1)N1CCc2sccc2C1. The summed E-state index contributed by atoms with van der Waals surface area (Å²) in [7, 11) is 0. The van der Waals surface area contributed by atoms with Crippen molar-refractivity contribution in [3.63, 3.8) is 0 Å². The van der Waals surface area contributed by atoms with Crippen LogP contribution >= 0.6 is 22.7 Å². The van der Waals surface area contributed by atoms with Crippen LogP contribution in [0, 0.1) is 0 Å². The Kier molecular flexibility index (Phi) is 4.93. The Morgan fingerprint density at radius 3 is 2.68 bits per heavy atom. The molecular weight excluding hydrogens is 388 g/mol. The number of fused-ring (bicyclic) bond motifs is 1. The Morgan fingerprint density at radius 1 is 1.04 bits per heavy atom. The summed E-state index contributed by atoms with van der Waals surface area (Å²) in [5.41, 5.74) is 3.62. The van der Waals surface area contributed by atoms with Gasteiger partial charge in [-0.05, 0) is 35.1 Å². The molecule has 0 aliphatic carbocycles. The third kappa shape index (κ3) is 3.36. The highest BCUT2D eigenvalue weighted by molar-refractivity contribution is 7.18. The third-order valence-electron chi connectivity index (χ3n) is 5.40. The normalized spacial score (nSPS) is 16.9. The molecule has 0 saturated carbocycles. The van der Waals surface area contributed by atoms with E-state index in [0.29, 0.717) is 0 Å². The summed E-state index contributed by atoms with van der Waals surface area (Å²) >= 11 is 3.43. The smallest absolute Gasteiger partial charge is 0.264 e. The molecule has 0 atom stereocenters. The van der Waals surface area contributed by atoms with E-state index in [1.807, 2.05) is 11.0 Å². The van der Waals surface area contributed by atoms with Crippen molar-refractivity contribution in [2.24, 2.45) is 0 Å². The number of hydrogen-bond donors (Lipinski definition) is 0. The van der Waals surface area contributed by atoms with E-state index in [2.05, 4.69) is 46.7 Å². The molecule has 2 aromatic heterocycles. The summed E-state index contributed by atoms with van der Waals surface area (Å²) < 4.78 is 5.53. The Bertz CT molecular complexity index is 974. The fourth-order valence-corrected chi connectivity index (χ4v) is 5.98. The van der Waals surface area contributed by atoms with Gasteiger partial charge in [0.25, 0.3) is 5.91 Å². The van der Waals surface area contributed by atoms with Crippen LogP contribution in [-0.2, 0) is 17.7 Å². The molecule has 1 aromatic carbocycles. The summed E-state index contributed by atoms with van der Waals surface area (Å²) in [6.07, 6.45) is 0.964. The van der Waals surface area contributed by atoms with Crippen LogP contribution in [0.5, 0.6) is 0 Å². The van der Waals surface area contributed by atoms with E-state index in [-0.39, 0.29) is 5.91 Å². The molecule has 1 fully saturated rings. The van der Waals surface area contributed by atoms with Crippen LogP contribution in [-0.4, -0.2) is 43.7 Å². The number of amides is 1. The molecule has 0 spiro atoms. The molecule has 6 heteroatoms. The molecule has 2 aliphatic heterocycles. The van der Waals surface area contributed by atoms with Gasteiger partial charge in [0.15, 0.2) is 0 Å². The van der Waals surface area contributed by atoms with Crippen LogP contribution < -0.4 is 4.90 Å². The monoisotopic (exact) mass is 410 g/mol. The van der Waals surface area contributed by atoms with Gasteiger partial charge in [-0.25, -0.2) is 0 Å². The Morgan fingerprint density at radius 2 is 1.86 bits per heavy atom. The van der Waals surface area contributed by atoms with E-state index in [0.717, 1.165) is 61.8 Å². The zero-order valence-corrected chi connectivity index (χ0v) is 17.2. The quantitative estimate of drug-likeness (QED) is 0.637. The van der Waals surface area contributed by atoms with E-state index in [9.17, 15) is 4.79 Å². The van der Waals surface area contributed by atoms with Gasteiger partial charge in [0.1, 0.15) is 0 Å². The fourth-order valence-electron chi connectivity index (χ4n) is 3.89. The largest absolute Gasteiger partial charge is 0.378 e. The molecule has 0 N–H and O–H groups in total. The van der Waals surface area contributed by atoms with Gasteiger partial charge in [-0.15, -0.1) is 22.7 Å². The number of carbonyl (C=O) groups is 1. The lowest BCUT2D eigenvalue weighted by molar-refractivity contribution is 0.0741. The van der Waals surface area contributed by atoms with Gasteiger partial charge in [-0.1, -0.05) is 30.3 Å². The van der Waals surface area contributed by atoms with Gasteiger partial charge >= 0.3 is 0 Å². The maximum absolute atomic E-state index is 13.3. The predicted octanol–water partition coefficient (Wildman–Crippen LogP) is 4.51. The molecule has 28 heavy (non-hydrogen) atoms. The summed E-state index contributed by atoms with van der Waals surface area (Å²) in [5, 5.41) is 3.32. The topological polar surface area (TPSA) is 32.8 Å². The van der Waals surface area contributed by atoms with E-state index in [1.54, 1.807) is 22.7 Å². The summed E-state index contributed by atoms with van der Waals surface area (Å²) in [5.74, 6) is 0.151. The first-order valence-electron chi connectivity index (χ1n) is 9.66. The lowest BCUT2D eigenvalue weighted by atomic mass is 10.1. The van der Waals surface area contributed by atoms with Crippen molar-refractivity contribution in [1.82, 2.24) is 4.90 Å². The molecule has 1 saturated heterocycles. The molecule has 0 radical (unpaired) electrons. The molecule has 4 heterocycles. The second-order valence-corrected chi connectivity index (χ2v) is 9.17. The van der Waals surface area contributed by atoms with Crippen LogP contribution in [0.3, 0.4) is 0 Å². The Labute approximate surface area is 173 Å². The number of rotatable bonds is 3.